The van der Waals surface area contributed by atoms with Crippen molar-refractivity contribution >= 4 is 5.96 Å². The van der Waals surface area contributed by atoms with Crippen molar-refractivity contribution in [1.29, 1.82) is 0 Å². The van der Waals surface area contributed by atoms with Crippen molar-refractivity contribution < 1.29 is 9.26 Å². The quantitative estimate of drug-likeness (QED) is 0.568. The third kappa shape index (κ3) is 6.49. The highest BCUT2D eigenvalue weighted by Gasteiger charge is 2.07. The van der Waals surface area contributed by atoms with Crippen LogP contribution >= 0.6 is 0 Å². The van der Waals surface area contributed by atoms with Gasteiger partial charge in [-0.3, -0.25) is 4.99 Å². The van der Waals surface area contributed by atoms with Crippen LogP contribution in [0, 0.1) is 12.8 Å². The minimum absolute atomic E-state index is 0.557. The van der Waals surface area contributed by atoms with E-state index in [1.54, 1.807) is 13.3 Å². The Hall–Kier alpha value is -2.50. The van der Waals surface area contributed by atoms with Gasteiger partial charge in [-0.25, -0.2) is 0 Å². The van der Waals surface area contributed by atoms with Gasteiger partial charge in [0.15, 0.2) is 5.96 Å². The van der Waals surface area contributed by atoms with Crippen LogP contribution in [0.5, 0.6) is 5.75 Å². The van der Waals surface area contributed by atoms with Crippen LogP contribution in [0.1, 0.15) is 37.1 Å². The van der Waals surface area contributed by atoms with Crippen molar-refractivity contribution in [2.24, 2.45) is 10.9 Å². The van der Waals surface area contributed by atoms with Crippen molar-refractivity contribution in [1.82, 2.24) is 15.8 Å². The Balaban J connectivity index is 1.91. The monoisotopic (exact) mass is 344 g/mol. The molecule has 0 amide bonds. The van der Waals surface area contributed by atoms with Crippen molar-refractivity contribution in [2.75, 3.05) is 13.7 Å². The van der Waals surface area contributed by atoms with Crippen molar-refractivity contribution in [3.8, 4) is 5.75 Å². The Bertz CT molecular complexity index is 666. The molecule has 0 atom stereocenters. The van der Waals surface area contributed by atoms with Gasteiger partial charge in [-0.15, -0.1) is 0 Å². The van der Waals surface area contributed by atoms with Crippen LogP contribution in [-0.4, -0.2) is 24.8 Å². The number of ether oxygens (including phenoxy) is 1. The molecule has 0 fully saturated rings. The highest BCUT2D eigenvalue weighted by atomic mass is 16.5. The number of guanidine groups is 1. The average Bonchev–Trinajstić information content (AvgIpc) is 3.09. The molecule has 0 saturated carbocycles. The van der Waals surface area contributed by atoms with Crippen LogP contribution < -0.4 is 15.4 Å². The second kappa shape index (κ2) is 9.71. The molecule has 0 unspecified atom stereocenters. The highest BCUT2D eigenvalue weighted by Crippen LogP contribution is 2.21. The topological polar surface area (TPSA) is 71.7 Å². The third-order valence-electron chi connectivity index (χ3n) is 3.77. The van der Waals surface area contributed by atoms with Crippen molar-refractivity contribution in [2.45, 2.75) is 40.3 Å². The van der Waals surface area contributed by atoms with Crippen LogP contribution in [0.4, 0.5) is 0 Å². The molecule has 2 rings (SSSR count). The van der Waals surface area contributed by atoms with E-state index in [1.807, 2.05) is 6.07 Å². The van der Waals surface area contributed by atoms with E-state index in [0.29, 0.717) is 25.0 Å². The second-order valence-electron chi connectivity index (χ2n) is 6.41. The lowest BCUT2D eigenvalue weighted by molar-refractivity contribution is 0.286. The fourth-order valence-electron chi connectivity index (χ4n) is 2.25. The van der Waals surface area contributed by atoms with E-state index in [9.17, 15) is 0 Å². The number of nitrogens with one attached hydrogen (secondary N) is 2. The van der Waals surface area contributed by atoms with Crippen LogP contribution in [0.25, 0.3) is 0 Å². The summed E-state index contributed by atoms with van der Waals surface area (Å²) in [4.78, 5) is 4.23. The molecule has 0 spiro atoms. The molecule has 2 aromatic rings. The van der Waals surface area contributed by atoms with Gasteiger partial charge < -0.3 is 19.9 Å². The van der Waals surface area contributed by atoms with Crippen LogP contribution in [0.3, 0.4) is 0 Å². The first-order valence-corrected chi connectivity index (χ1v) is 8.64. The molecule has 0 aliphatic carbocycles. The van der Waals surface area contributed by atoms with E-state index in [4.69, 9.17) is 9.26 Å². The third-order valence-corrected chi connectivity index (χ3v) is 3.77. The van der Waals surface area contributed by atoms with Crippen LogP contribution in [-0.2, 0) is 13.1 Å². The molecule has 1 aromatic carbocycles. The van der Waals surface area contributed by atoms with Gasteiger partial charge in [-0.05, 0) is 30.9 Å². The number of hydrogen-bond donors (Lipinski definition) is 2. The molecular formula is C19H28N4O2. The number of aromatic nitrogens is 1. The summed E-state index contributed by atoms with van der Waals surface area (Å²) in [7, 11) is 1.74. The van der Waals surface area contributed by atoms with Crippen LogP contribution in [0.2, 0.25) is 0 Å². The molecule has 0 bridgehead atoms. The molecule has 0 aliphatic heterocycles. The number of nitrogens with zero attached hydrogens (tertiary/aromatic N) is 2. The fraction of sp³-hybridized carbons (Fsp3) is 0.474. The van der Waals surface area contributed by atoms with Gasteiger partial charge in [0.25, 0.3) is 0 Å². The molecule has 25 heavy (non-hydrogen) atoms. The first-order chi connectivity index (χ1) is 12.1. The number of hydrogen-bond acceptors (Lipinski definition) is 4. The summed E-state index contributed by atoms with van der Waals surface area (Å²) in [6.07, 6.45) is 2.60. The van der Waals surface area contributed by atoms with Gasteiger partial charge >= 0.3 is 0 Å². The molecular weight excluding hydrogens is 316 g/mol. The molecule has 0 radical (unpaired) electrons. The van der Waals surface area contributed by atoms with Gasteiger partial charge in [-0.2, -0.15) is 0 Å². The van der Waals surface area contributed by atoms with Gasteiger partial charge in [0.1, 0.15) is 17.7 Å². The van der Waals surface area contributed by atoms with Gasteiger partial charge in [0.05, 0.1) is 13.2 Å². The minimum Gasteiger partial charge on any atom is -0.493 e. The molecule has 136 valence electrons. The fourth-order valence-corrected chi connectivity index (χ4v) is 2.25. The molecule has 1 aromatic heterocycles. The molecule has 1 heterocycles. The number of rotatable bonds is 8. The summed E-state index contributed by atoms with van der Waals surface area (Å²) in [5.41, 5.74) is 3.13. The van der Waals surface area contributed by atoms with Crippen molar-refractivity contribution in [3.63, 3.8) is 0 Å². The molecule has 0 saturated heterocycles. The maximum Gasteiger partial charge on any atom is 0.191 e. The first kappa shape index (κ1) is 18.8. The Morgan fingerprint density at radius 2 is 2.04 bits per heavy atom. The Morgan fingerprint density at radius 3 is 2.72 bits per heavy atom. The maximum absolute atomic E-state index is 5.99. The predicted molar refractivity (Wildman–Crippen MR) is 99.7 cm³/mol. The lowest BCUT2D eigenvalue weighted by atomic mass is 10.1. The molecule has 6 heteroatoms. The highest BCUT2D eigenvalue weighted by molar-refractivity contribution is 5.79. The number of benzene rings is 1. The average molecular weight is 344 g/mol. The van der Waals surface area contributed by atoms with Crippen LogP contribution in [0.15, 0.2) is 40.0 Å². The van der Waals surface area contributed by atoms with E-state index < -0.39 is 0 Å². The molecule has 6 nitrogen and oxygen atoms in total. The molecule has 2 N–H and O–H groups in total. The van der Waals surface area contributed by atoms with Gasteiger partial charge in [0.2, 0.25) is 0 Å². The normalized spacial score (nSPS) is 11.6. The zero-order chi connectivity index (χ0) is 18.1. The van der Waals surface area contributed by atoms with E-state index in [2.05, 4.69) is 59.8 Å². The van der Waals surface area contributed by atoms with Gasteiger partial charge in [0, 0.05) is 25.2 Å². The Morgan fingerprint density at radius 1 is 1.24 bits per heavy atom. The van der Waals surface area contributed by atoms with Gasteiger partial charge in [-0.1, -0.05) is 31.1 Å². The summed E-state index contributed by atoms with van der Waals surface area (Å²) in [6.45, 7) is 8.40. The lowest BCUT2D eigenvalue weighted by Crippen LogP contribution is -2.36. The number of aliphatic imine (C=N–C) groups is 1. The smallest absolute Gasteiger partial charge is 0.191 e. The van der Waals surface area contributed by atoms with Crippen molar-refractivity contribution in [3.05, 3.63) is 47.3 Å². The molecule has 0 aliphatic rings. The SMILES string of the molecule is CN=C(NCc1ccon1)NCc1ccc(C)cc1OCCC(C)C. The summed E-state index contributed by atoms with van der Waals surface area (Å²) in [5, 5.41) is 10.4. The minimum atomic E-state index is 0.557. The summed E-state index contributed by atoms with van der Waals surface area (Å²) in [5.74, 6) is 2.27. The Kier molecular flexibility index (Phi) is 7.32. The summed E-state index contributed by atoms with van der Waals surface area (Å²) < 4.78 is 10.8. The largest absolute Gasteiger partial charge is 0.493 e. The van der Waals surface area contributed by atoms with E-state index in [0.717, 1.165) is 30.0 Å². The predicted octanol–water partition coefficient (Wildman–Crippen LogP) is 3.27. The zero-order valence-electron chi connectivity index (χ0n) is 15.5. The summed E-state index contributed by atoms with van der Waals surface area (Å²) in [6, 6.07) is 8.10. The summed E-state index contributed by atoms with van der Waals surface area (Å²) >= 11 is 0. The second-order valence-corrected chi connectivity index (χ2v) is 6.41. The first-order valence-electron chi connectivity index (χ1n) is 8.64. The Labute approximate surface area is 149 Å². The standard InChI is InChI=1S/C19H28N4O2/c1-14(2)7-9-24-18-11-15(3)5-6-16(18)12-21-19(20-4)22-13-17-8-10-25-23-17/h5-6,8,10-11,14H,7,9,12-13H2,1-4H3,(H2,20,21,22). The lowest BCUT2D eigenvalue weighted by Gasteiger charge is -2.15. The number of aryl methyl sites for hydroxylation is 1. The maximum atomic E-state index is 5.99. The van der Waals surface area contributed by atoms with E-state index in [1.165, 1.54) is 5.56 Å². The van der Waals surface area contributed by atoms with E-state index >= 15 is 0 Å². The zero-order valence-corrected chi connectivity index (χ0v) is 15.5. The van der Waals surface area contributed by atoms with E-state index in [-0.39, 0.29) is 0 Å².